The number of benzene rings is 1. The molecule has 5 fully saturated rings. The van der Waals surface area contributed by atoms with Gasteiger partial charge >= 0.3 is 5.97 Å². The summed E-state index contributed by atoms with van der Waals surface area (Å²) in [7, 11) is 1.52. The van der Waals surface area contributed by atoms with Crippen LogP contribution in [-0.4, -0.2) is 77.9 Å². The number of fused-ring (bicyclic) bond motifs is 4. The third-order valence-corrected chi connectivity index (χ3v) is 8.81. The lowest BCUT2D eigenvalue weighted by Crippen LogP contribution is -2.68. The molecule has 0 radical (unpaired) electrons. The van der Waals surface area contributed by atoms with Gasteiger partial charge < -0.3 is 30.0 Å². The summed E-state index contributed by atoms with van der Waals surface area (Å²) in [6.45, 7) is 0.713. The quantitative estimate of drug-likeness (QED) is 0.347. The molecule has 2 aromatic rings. The van der Waals surface area contributed by atoms with Gasteiger partial charge in [0.15, 0.2) is 0 Å². The summed E-state index contributed by atoms with van der Waals surface area (Å²) >= 11 is 0. The van der Waals surface area contributed by atoms with Crippen LogP contribution in [0.2, 0.25) is 0 Å². The molecule has 1 saturated carbocycles. The molecule has 4 aliphatic heterocycles. The molecule has 1 aromatic heterocycles. The summed E-state index contributed by atoms with van der Waals surface area (Å²) in [5.41, 5.74) is 1.18. The molecule has 4 saturated heterocycles. The van der Waals surface area contributed by atoms with Crippen LogP contribution in [0.1, 0.15) is 49.0 Å². The van der Waals surface area contributed by atoms with Gasteiger partial charge in [0.25, 0.3) is 11.8 Å². The minimum Gasteiger partial charge on any atom is -0.496 e. The summed E-state index contributed by atoms with van der Waals surface area (Å²) in [5.74, 6) is -6.28. The SMILES string of the molecule is COc1cccc2[nH]c(C(=O)N3[C@@H]4CC[C@H]([C@H]3C(=O)N[C@@H](/C=C3/CCOC3=O)C[C@H]3CCNC3=O)C(F)(F)C4)cc12. The van der Waals surface area contributed by atoms with E-state index >= 15 is 8.78 Å². The molecule has 5 atom stereocenters. The number of H-pyrrole nitrogens is 1. The Labute approximate surface area is 234 Å². The van der Waals surface area contributed by atoms with E-state index in [2.05, 4.69) is 15.6 Å². The standard InChI is InChI=1S/C29H32F2N4O6/c1-40-23-4-2-3-21-19(23)13-22(34-21)27(38)35-18-5-6-20(29(30,31)14-18)24(35)26(37)33-17(11-15-7-9-32-25(15)36)12-16-8-10-41-28(16)39/h2-4,12-13,15,17-18,20,24,34H,5-11,14H2,1H3,(H,32,36)(H,33,37)/b16-12-/t15-,17-,18-,20-,24+/m1/s1. The van der Waals surface area contributed by atoms with Crippen LogP contribution >= 0.6 is 0 Å². The second kappa shape index (κ2) is 10.5. The number of alkyl halides is 2. The summed E-state index contributed by atoms with van der Waals surface area (Å²) in [4.78, 5) is 56.6. The molecule has 0 spiro atoms. The van der Waals surface area contributed by atoms with Crippen molar-refractivity contribution in [1.82, 2.24) is 20.5 Å². The first kappa shape index (κ1) is 27.2. The fourth-order valence-electron chi connectivity index (χ4n) is 6.81. The number of carbonyl (C=O) groups excluding carboxylic acids is 4. The van der Waals surface area contributed by atoms with Crippen molar-refractivity contribution in [2.24, 2.45) is 11.8 Å². The zero-order valence-electron chi connectivity index (χ0n) is 22.6. The van der Waals surface area contributed by atoms with Crippen molar-refractivity contribution in [2.75, 3.05) is 20.3 Å². The topological polar surface area (TPSA) is 130 Å². The number of cyclic esters (lactones) is 1. The number of piperidine rings is 2. The third kappa shape index (κ3) is 4.93. The molecule has 1 aromatic carbocycles. The van der Waals surface area contributed by atoms with E-state index in [4.69, 9.17) is 9.47 Å². The fourth-order valence-corrected chi connectivity index (χ4v) is 6.81. The van der Waals surface area contributed by atoms with Crippen molar-refractivity contribution in [1.29, 1.82) is 0 Å². The smallest absolute Gasteiger partial charge is 0.333 e. The highest BCUT2D eigenvalue weighted by atomic mass is 19.3. The Bertz CT molecular complexity index is 1440. The minimum absolute atomic E-state index is 0.100. The van der Waals surface area contributed by atoms with Gasteiger partial charge in [-0.15, -0.1) is 0 Å². The van der Waals surface area contributed by atoms with E-state index < -0.39 is 60.1 Å². The lowest BCUT2D eigenvalue weighted by atomic mass is 9.71. The molecule has 7 rings (SSSR count). The van der Waals surface area contributed by atoms with Crippen LogP contribution in [0.25, 0.3) is 10.9 Å². The number of halogens is 2. The summed E-state index contributed by atoms with van der Waals surface area (Å²) in [6.07, 6.45) is 2.61. The number of methoxy groups -OCH3 is 1. The van der Waals surface area contributed by atoms with E-state index in [1.165, 1.54) is 12.0 Å². The first-order valence-electron chi connectivity index (χ1n) is 14.0. The van der Waals surface area contributed by atoms with Crippen LogP contribution in [0.4, 0.5) is 8.78 Å². The van der Waals surface area contributed by atoms with Gasteiger partial charge in [0.2, 0.25) is 11.8 Å². The number of nitrogens with zero attached hydrogens (tertiary/aromatic N) is 1. The van der Waals surface area contributed by atoms with Gasteiger partial charge in [-0.2, -0.15) is 0 Å². The fraction of sp³-hybridized carbons (Fsp3) is 0.517. The van der Waals surface area contributed by atoms with Gasteiger partial charge in [0.05, 0.1) is 19.6 Å². The van der Waals surface area contributed by atoms with E-state index in [9.17, 15) is 19.2 Å². The maximum atomic E-state index is 15.2. The van der Waals surface area contributed by atoms with Crippen LogP contribution in [0, 0.1) is 11.8 Å². The van der Waals surface area contributed by atoms with E-state index in [1.54, 1.807) is 30.3 Å². The second-order valence-corrected chi connectivity index (χ2v) is 11.3. The molecule has 3 N–H and O–H groups in total. The van der Waals surface area contributed by atoms with Crippen LogP contribution in [-0.2, 0) is 19.1 Å². The van der Waals surface area contributed by atoms with E-state index in [0.717, 1.165) is 0 Å². The first-order valence-corrected chi connectivity index (χ1v) is 14.0. The molecule has 2 bridgehead atoms. The van der Waals surface area contributed by atoms with Gasteiger partial charge in [-0.25, -0.2) is 13.6 Å². The van der Waals surface area contributed by atoms with Crippen molar-refractivity contribution < 1.29 is 37.4 Å². The van der Waals surface area contributed by atoms with Gasteiger partial charge in [-0.05, 0) is 43.9 Å². The van der Waals surface area contributed by atoms with Crippen LogP contribution in [0.3, 0.4) is 0 Å². The summed E-state index contributed by atoms with van der Waals surface area (Å²) in [6, 6.07) is 3.89. The lowest BCUT2D eigenvalue weighted by Gasteiger charge is -2.53. The molecule has 12 heteroatoms. The number of amides is 3. The number of hydrogen-bond donors (Lipinski definition) is 3. The molecule has 3 amide bonds. The Kier molecular flexibility index (Phi) is 6.95. The van der Waals surface area contributed by atoms with Crippen LogP contribution in [0.5, 0.6) is 5.75 Å². The Morgan fingerprint density at radius 1 is 1.27 bits per heavy atom. The molecular formula is C29H32F2N4O6. The van der Waals surface area contributed by atoms with Crippen molar-refractivity contribution in [2.45, 2.75) is 62.6 Å². The average molecular weight is 571 g/mol. The van der Waals surface area contributed by atoms with Gasteiger partial charge in [0.1, 0.15) is 17.5 Å². The maximum absolute atomic E-state index is 15.2. The van der Waals surface area contributed by atoms with Crippen LogP contribution in [0.15, 0.2) is 35.9 Å². The van der Waals surface area contributed by atoms with Crippen molar-refractivity contribution in [3.05, 3.63) is 41.6 Å². The van der Waals surface area contributed by atoms with Crippen molar-refractivity contribution in [3.63, 3.8) is 0 Å². The molecule has 5 heterocycles. The molecule has 218 valence electrons. The molecular weight excluding hydrogens is 538 g/mol. The number of hydrogen-bond acceptors (Lipinski definition) is 6. The largest absolute Gasteiger partial charge is 0.496 e. The minimum atomic E-state index is -3.13. The van der Waals surface area contributed by atoms with Crippen molar-refractivity contribution >= 4 is 34.6 Å². The Hall–Kier alpha value is -3.96. The maximum Gasteiger partial charge on any atom is 0.333 e. The number of carbonyl (C=O) groups is 4. The Balaban J connectivity index is 1.32. The summed E-state index contributed by atoms with van der Waals surface area (Å²) in [5, 5.41) is 6.25. The monoisotopic (exact) mass is 570 g/mol. The van der Waals surface area contributed by atoms with Crippen LogP contribution < -0.4 is 15.4 Å². The Morgan fingerprint density at radius 3 is 2.78 bits per heavy atom. The lowest BCUT2D eigenvalue weighted by molar-refractivity contribution is -0.179. The molecule has 41 heavy (non-hydrogen) atoms. The van der Waals surface area contributed by atoms with E-state index in [1.807, 2.05) is 0 Å². The van der Waals surface area contributed by atoms with Gasteiger partial charge in [0, 0.05) is 53.9 Å². The highest BCUT2D eigenvalue weighted by Gasteiger charge is 2.60. The Morgan fingerprint density at radius 2 is 2.10 bits per heavy atom. The average Bonchev–Trinajstić information content (AvgIpc) is 3.67. The molecule has 1 aliphatic carbocycles. The predicted molar refractivity (Wildman–Crippen MR) is 142 cm³/mol. The number of aromatic nitrogens is 1. The zero-order chi connectivity index (χ0) is 28.9. The van der Waals surface area contributed by atoms with E-state index in [0.29, 0.717) is 48.0 Å². The number of rotatable bonds is 7. The van der Waals surface area contributed by atoms with Gasteiger partial charge in [-0.1, -0.05) is 12.1 Å². The third-order valence-electron chi connectivity index (χ3n) is 8.81. The predicted octanol–water partition coefficient (Wildman–Crippen LogP) is 2.69. The number of nitrogens with one attached hydrogen (secondary N) is 3. The molecule has 5 aliphatic rings. The number of esters is 1. The first-order chi connectivity index (χ1) is 19.7. The highest BCUT2D eigenvalue weighted by molar-refractivity contribution is 6.02. The van der Waals surface area contributed by atoms with Gasteiger partial charge in [-0.3, -0.25) is 14.4 Å². The zero-order valence-corrected chi connectivity index (χ0v) is 22.6. The normalized spacial score (nSPS) is 28.6. The highest BCUT2D eigenvalue weighted by Crippen LogP contribution is 2.49. The van der Waals surface area contributed by atoms with E-state index in [-0.39, 0.29) is 31.0 Å². The molecule has 0 unspecified atom stereocenters. The second-order valence-electron chi connectivity index (χ2n) is 11.3. The summed E-state index contributed by atoms with van der Waals surface area (Å²) < 4.78 is 40.9. The number of ether oxygens (including phenoxy) is 2. The van der Waals surface area contributed by atoms with Crippen molar-refractivity contribution in [3.8, 4) is 5.75 Å². The number of aromatic amines is 1. The molecule has 10 nitrogen and oxygen atoms in total.